The van der Waals surface area contributed by atoms with Crippen molar-refractivity contribution in [2.24, 2.45) is 0 Å². The van der Waals surface area contributed by atoms with E-state index < -0.39 is 6.10 Å². The standard InChI is InChI=1S/C11H20O3/c1-3-4-5-6-7-8-10(12)9-11(13)14-2/h3-4,10,12H,5-9H2,1-2H3. The summed E-state index contributed by atoms with van der Waals surface area (Å²) < 4.78 is 4.46. The normalized spacial score (nSPS) is 13.1. The molecule has 0 radical (unpaired) electrons. The molecule has 0 aromatic carbocycles. The van der Waals surface area contributed by atoms with Crippen molar-refractivity contribution in [3.63, 3.8) is 0 Å². The van der Waals surface area contributed by atoms with Gasteiger partial charge in [0.1, 0.15) is 0 Å². The van der Waals surface area contributed by atoms with E-state index in [9.17, 15) is 9.90 Å². The molecule has 0 aliphatic carbocycles. The number of esters is 1. The molecule has 1 N–H and O–H groups in total. The van der Waals surface area contributed by atoms with Gasteiger partial charge in [-0.3, -0.25) is 4.79 Å². The zero-order valence-electron chi connectivity index (χ0n) is 9.03. The van der Waals surface area contributed by atoms with Crippen LogP contribution >= 0.6 is 0 Å². The third-order valence-corrected chi connectivity index (χ3v) is 2.02. The number of carbonyl (C=O) groups excluding carboxylic acids is 1. The molecule has 0 saturated heterocycles. The van der Waals surface area contributed by atoms with Crippen LogP contribution in [0.15, 0.2) is 12.2 Å². The number of hydrogen-bond donors (Lipinski definition) is 1. The second-order valence-electron chi connectivity index (χ2n) is 3.29. The van der Waals surface area contributed by atoms with E-state index in [0.29, 0.717) is 6.42 Å². The Bertz CT molecular complexity index is 175. The first kappa shape index (κ1) is 13.2. The molecule has 0 aromatic heterocycles. The predicted molar refractivity (Wildman–Crippen MR) is 55.9 cm³/mol. The summed E-state index contributed by atoms with van der Waals surface area (Å²) in [5.74, 6) is -0.342. The van der Waals surface area contributed by atoms with Crippen LogP contribution in [0.3, 0.4) is 0 Å². The predicted octanol–water partition coefficient (Wildman–Crippen LogP) is 2.05. The lowest BCUT2D eigenvalue weighted by molar-refractivity contribution is -0.142. The molecule has 0 aliphatic heterocycles. The molecule has 0 spiro atoms. The third kappa shape index (κ3) is 7.80. The van der Waals surface area contributed by atoms with E-state index in [1.807, 2.05) is 13.0 Å². The number of ether oxygens (including phenoxy) is 1. The fourth-order valence-corrected chi connectivity index (χ4v) is 1.19. The van der Waals surface area contributed by atoms with Gasteiger partial charge in [0.2, 0.25) is 0 Å². The number of allylic oxidation sites excluding steroid dienone is 2. The summed E-state index contributed by atoms with van der Waals surface area (Å²) in [6, 6.07) is 0. The summed E-state index contributed by atoms with van der Waals surface area (Å²) in [4.78, 5) is 10.8. The molecule has 0 rings (SSSR count). The van der Waals surface area contributed by atoms with Gasteiger partial charge in [0.25, 0.3) is 0 Å². The molecule has 3 heteroatoms. The van der Waals surface area contributed by atoms with Gasteiger partial charge in [-0.15, -0.1) is 0 Å². The van der Waals surface area contributed by atoms with Crippen LogP contribution in [0, 0.1) is 0 Å². The highest BCUT2D eigenvalue weighted by Crippen LogP contribution is 2.07. The van der Waals surface area contributed by atoms with E-state index in [2.05, 4.69) is 10.8 Å². The zero-order chi connectivity index (χ0) is 10.8. The second-order valence-corrected chi connectivity index (χ2v) is 3.29. The van der Waals surface area contributed by atoms with Gasteiger partial charge in [0.05, 0.1) is 19.6 Å². The average molecular weight is 200 g/mol. The van der Waals surface area contributed by atoms with Gasteiger partial charge in [0, 0.05) is 0 Å². The van der Waals surface area contributed by atoms with Crippen molar-refractivity contribution in [2.75, 3.05) is 7.11 Å². The Morgan fingerprint density at radius 1 is 1.50 bits per heavy atom. The maximum atomic E-state index is 10.8. The first-order valence-corrected chi connectivity index (χ1v) is 5.06. The monoisotopic (exact) mass is 200 g/mol. The van der Waals surface area contributed by atoms with Crippen LogP contribution in [0.4, 0.5) is 0 Å². The van der Waals surface area contributed by atoms with Gasteiger partial charge in [-0.05, 0) is 26.2 Å². The molecule has 82 valence electrons. The first-order chi connectivity index (χ1) is 6.70. The molecular formula is C11H20O3. The summed E-state index contributed by atoms with van der Waals surface area (Å²) in [5, 5.41) is 9.39. The Balaban J connectivity index is 3.35. The molecule has 0 heterocycles. The number of hydrogen-bond acceptors (Lipinski definition) is 3. The lowest BCUT2D eigenvalue weighted by Gasteiger charge is -2.07. The van der Waals surface area contributed by atoms with E-state index in [1.165, 1.54) is 7.11 Å². The fraction of sp³-hybridized carbons (Fsp3) is 0.727. The molecule has 0 aliphatic rings. The highest BCUT2D eigenvalue weighted by atomic mass is 16.5. The SMILES string of the molecule is CC=CCCCCC(O)CC(=O)OC. The third-order valence-electron chi connectivity index (χ3n) is 2.02. The fourth-order valence-electron chi connectivity index (χ4n) is 1.19. The van der Waals surface area contributed by atoms with Crippen molar-refractivity contribution in [1.29, 1.82) is 0 Å². The Kier molecular flexibility index (Phi) is 8.24. The van der Waals surface area contributed by atoms with Crippen LogP contribution in [0.25, 0.3) is 0 Å². The number of aliphatic hydroxyl groups excluding tert-OH is 1. The van der Waals surface area contributed by atoms with Crippen molar-refractivity contribution < 1.29 is 14.6 Å². The van der Waals surface area contributed by atoms with E-state index in [-0.39, 0.29) is 12.4 Å². The van der Waals surface area contributed by atoms with Crippen LogP contribution in [-0.4, -0.2) is 24.3 Å². The number of unbranched alkanes of at least 4 members (excludes halogenated alkanes) is 2. The molecule has 1 atom stereocenters. The highest BCUT2D eigenvalue weighted by Gasteiger charge is 2.09. The van der Waals surface area contributed by atoms with Crippen LogP contribution in [0.1, 0.15) is 39.0 Å². The highest BCUT2D eigenvalue weighted by molar-refractivity contribution is 5.69. The molecule has 14 heavy (non-hydrogen) atoms. The number of methoxy groups -OCH3 is 1. The number of aliphatic hydroxyl groups is 1. The second kappa shape index (κ2) is 8.75. The lowest BCUT2D eigenvalue weighted by Crippen LogP contribution is -2.14. The minimum atomic E-state index is -0.548. The Morgan fingerprint density at radius 2 is 2.21 bits per heavy atom. The lowest BCUT2D eigenvalue weighted by atomic mass is 10.1. The van der Waals surface area contributed by atoms with Gasteiger partial charge in [-0.2, -0.15) is 0 Å². The summed E-state index contributed by atoms with van der Waals surface area (Å²) in [6.07, 6.45) is 7.41. The van der Waals surface area contributed by atoms with Crippen LogP contribution < -0.4 is 0 Å². The zero-order valence-corrected chi connectivity index (χ0v) is 9.03. The van der Waals surface area contributed by atoms with Gasteiger partial charge < -0.3 is 9.84 Å². The van der Waals surface area contributed by atoms with Crippen molar-refractivity contribution in [3.05, 3.63) is 12.2 Å². The topological polar surface area (TPSA) is 46.5 Å². The van der Waals surface area contributed by atoms with Crippen molar-refractivity contribution in [1.82, 2.24) is 0 Å². The Labute approximate surface area is 85.8 Å². The van der Waals surface area contributed by atoms with E-state index >= 15 is 0 Å². The first-order valence-electron chi connectivity index (χ1n) is 5.06. The van der Waals surface area contributed by atoms with Gasteiger partial charge >= 0.3 is 5.97 Å². The summed E-state index contributed by atoms with van der Waals surface area (Å²) in [6.45, 7) is 1.99. The molecule has 1 unspecified atom stereocenters. The van der Waals surface area contributed by atoms with Crippen LogP contribution in [0.5, 0.6) is 0 Å². The maximum absolute atomic E-state index is 10.8. The Morgan fingerprint density at radius 3 is 2.79 bits per heavy atom. The van der Waals surface area contributed by atoms with Crippen molar-refractivity contribution in [2.45, 2.75) is 45.1 Å². The van der Waals surface area contributed by atoms with E-state index in [0.717, 1.165) is 19.3 Å². The largest absolute Gasteiger partial charge is 0.469 e. The maximum Gasteiger partial charge on any atom is 0.308 e. The average Bonchev–Trinajstić information content (AvgIpc) is 2.17. The summed E-state index contributed by atoms with van der Waals surface area (Å²) in [7, 11) is 1.33. The van der Waals surface area contributed by atoms with E-state index in [4.69, 9.17) is 0 Å². The summed E-state index contributed by atoms with van der Waals surface area (Å²) in [5.41, 5.74) is 0. The number of rotatable bonds is 7. The Hall–Kier alpha value is -0.830. The van der Waals surface area contributed by atoms with Gasteiger partial charge in [0.15, 0.2) is 0 Å². The quantitative estimate of drug-likeness (QED) is 0.388. The number of carbonyl (C=O) groups is 1. The van der Waals surface area contributed by atoms with E-state index in [1.54, 1.807) is 0 Å². The molecular weight excluding hydrogens is 180 g/mol. The van der Waals surface area contributed by atoms with Crippen LogP contribution in [0.2, 0.25) is 0 Å². The van der Waals surface area contributed by atoms with Crippen LogP contribution in [-0.2, 0) is 9.53 Å². The molecule has 0 amide bonds. The molecule has 0 fully saturated rings. The van der Waals surface area contributed by atoms with Gasteiger partial charge in [-0.1, -0.05) is 18.6 Å². The minimum absolute atomic E-state index is 0.111. The van der Waals surface area contributed by atoms with Gasteiger partial charge in [-0.25, -0.2) is 0 Å². The smallest absolute Gasteiger partial charge is 0.308 e. The summed E-state index contributed by atoms with van der Waals surface area (Å²) >= 11 is 0. The van der Waals surface area contributed by atoms with Crippen molar-refractivity contribution in [3.8, 4) is 0 Å². The molecule has 0 aromatic rings. The van der Waals surface area contributed by atoms with Crippen molar-refractivity contribution >= 4 is 5.97 Å². The minimum Gasteiger partial charge on any atom is -0.469 e. The molecule has 0 bridgehead atoms. The molecule has 0 saturated carbocycles. The molecule has 3 nitrogen and oxygen atoms in total.